The Morgan fingerprint density at radius 2 is 1.66 bits per heavy atom. The number of hydrogen-bond donors (Lipinski definition) is 1. The van der Waals surface area contributed by atoms with Gasteiger partial charge in [0.05, 0.1) is 6.10 Å². The number of nitrogens with zero attached hydrogens (tertiary/aromatic N) is 3. The highest BCUT2D eigenvalue weighted by atomic mass is 16.3. The summed E-state index contributed by atoms with van der Waals surface area (Å²) in [5, 5.41) is 13.0. The lowest BCUT2D eigenvalue weighted by atomic mass is 9.90. The molecule has 1 aliphatic carbocycles. The average molecular weight is 394 g/mol. The molecule has 1 unspecified atom stereocenters. The van der Waals surface area contributed by atoms with E-state index in [4.69, 9.17) is 0 Å². The molecule has 29 heavy (non-hydrogen) atoms. The summed E-state index contributed by atoms with van der Waals surface area (Å²) in [6, 6.07) is 16.0. The van der Waals surface area contributed by atoms with Crippen LogP contribution in [0.15, 0.2) is 42.5 Å². The zero-order valence-electron chi connectivity index (χ0n) is 17.8. The number of hydrogen-bond acceptors (Lipinski definition) is 4. The molecule has 0 radical (unpaired) electrons. The fourth-order valence-electron chi connectivity index (χ4n) is 5.52. The molecule has 1 saturated carbocycles. The van der Waals surface area contributed by atoms with E-state index in [2.05, 4.69) is 64.1 Å². The Balaban J connectivity index is 1.10. The number of rotatable bonds is 5. The molecule has 4 heteroatoms. The Hall–Kier alpha value is -1.62. The minimum Gasteiger partial charge on any atom is -0.391 e. The van der Waals surface area contributed by atoms with Crippen LogP contribution in [0.1, 0.15) is 32.6 Å². The summed E-state index contributed by atoms with van der Waals surface area (Å²) < 4.78 is 0. The van der Waals surface area contributed by atoms with E-state index in [9.17, 15) is 5.11 Å². The fourth-order valence-corrected chi connectivity index (χ4v) is 5.52. The number of anilines is 1. The molecule has 0 bridgehead atoms. The molecule has 5 rings (SSSR count). The van der Waals surface area contributed by atoms with Crippen molar-refractivity contribution in [2.45, 2.75) is 44.8 Å². The van der Waals surface area contributed by atoms with Crippen LogP contribution in [0.4, 0.5) is 5.69 Å². The summed E-state index contributed by atoms with van der Waals surface area (Å²) in [6.45, 7) is 10.1. The van der Waals surface area contributed by atoms with Crippen LogP contribution >= 0.6 is 0 Å². The van der Waals surface area contributed by atoms with Crippen LogP contribution in [-0.4, -0.2) is 72.9 Å². The fraction of sp³-hybridized carbons (Fsp3) is 0.600. The van der Waals surface area contributed by atoms with Crippen molar-refractivity contribution < 1.29 is 5.11 Å². The summed E-state index contributed by atoms with van der Waals surface area (Å²) >= 11 is 0. The smallest absolute Gasteiger partial charge is 0.0723 e. The Morgan fingerprint density at radius 3 is 2.38 bits per heavy atom. The zero-order valence-corrected chi connectivity index (χ0v) is 17.8. The van der Waals surface area contributed by atoms with Crippen LogP contribution in [0, 0.1) is 5.41 Å². The molecular weight excluding hydrogens is 358 g/mol. The van der Waals surface area contributed by atoms with Gasteiger partial charge in [0.2, 0.25) is 0 Å². The standard InChI is InChI=1S/C25H35N3O/c1-20-18-27(13-4-12-26-14-11-25(9-10-25)24(29)19-26)15-16-28(20)23-8-7-21-5-2-3-6-22(21)17-23/h2-3,5-8,17,20,24,29H,4,9-16,18-19H2,1H3/t20?,24-/m1/s1. The lowest BCUT2D eigenvalue weighted by Gasteiger charge is -2.42. The third-order valence-electron chi connectivity index (χ3n) is 7.68. The number of piperazine rings is 1. The van der Waals surface area contributed by atoms with E-state index in [1.165, 1.54) is 55.2 Å². The van der Waals surface area contributed by atoms with Crippen LogP contribution in [0.2, 0.25) is 0 Å². The number of β-amino-alcohol motifs (C(OH)–C–C–N with tert-alkyl or cyclic N) is 1. The van der Waals surface area contributed by atoms with Gasteiger partial charge < -0.3 is 14.9 Å². The predicted octanol–water partition coefficient (Wildman–Crippen LogP) is 3.59. The molecule has 156 valence electrons. The molecule has 2 aromatic rings. The van der Waals surface area contributed by atoms with Gasteiger partial charge in [-0.25, -0.2) is 0 Å². The van der Waals surface area contributed by atoms with Crippen molar-refractivity contribution in [1.29, 1.82) is 0 Å². The SMILES string of the molecule is CC1CN(CCCN2CCC3(CC3)[C@H](O)C2)CCN1c1ccc2ccccc2c1. The molecule has 2 atom stereocenters. The van der Waals surface area contributed by atoms with Crippen molar-refractivity contribution in [1.82, 2.24) is 9.80 Å². The maximum absolute atomic E-state index is 10.4. The minimum absolute atomic E-state index is 0.0817. The maximum Gasteiger partial charge on any atom is 0.0723 e. The number of benzene rings is 2. The third kappa shape index (κ3) is 4.03. The van der Waals surface area contributed by atoms with E-state index in [-0.39, 0.29) is 6.10 Å². The molecule has 2 heterocycles. The van der Waals surface area contributed by atoms with Crippen LogP contribution in [0.3, 0.4) is 0 Å². The first kappa shape index (κ1) is 19.3. The monoisotopic (exact) mass is 393 g/mol. The van der Waals surface area contributed by atoms with Gasteiger partial charge in [0, 0.05) is 37.9 Å². The van der Waals surface area contributed by atoms with Gasteiger partial charge in [-0.1, -0.05) is 30.3 Å². The van der Waals surface area contributed by atoms with E-state index in [1.54, 1.807) is 0 Å². The van der Waals surface area contributed by atoms with E-state index >= 15 is 0 Å². The van der Waals surface area contributed by atoms with Crippen LogP contribution in [0.5, 0.6) is 0 Å². The van der Waals surface area contributed by atoms with Gasteiger partial charge in [-0.05, 0) is 80.6 Å². The summed E-state index contributed by atoms with van der Waals surface area (Å²) in [4.78, 5) is 7.69. The Kier molecular flexibility index (Phi) is 5.27. The number of likely N-dealkylation sites (tertiary alicyclic amines) is 1. The molecule has 2 aliphatic heterocycles. The van der Waals surface area contributed by atoms with Gasteiger partial charge in [0.25, 0.3) is 0 Å². The van der Waals surface area contributed by atoms with Gasteiger partial charge in [-0.2, -0.15) is 0 Å². The zero-order chi connectivity index (χ0) is 19.8. The van der Waals surface area contributed by atoms with Gasteiger partial charge in [-0.15, -0.1) is 0 Å². The van der Waals surface area contributed by atoms with Crippen molar-refractivity contribution in [3.8, 4) is 0 Å². The summed E-state index contributed by atoms with van der Waals surface area (Å²) in [5.41, 5.74) is 1.68. The molecule has 0 aromatic heterocycles. The van der Waals surface area contributed by atoms with Gasteiger partial charge >= 0.3 is 0 Å². The van der Waals surface area contributed by atoms with Gasteiger partial charge in [-0.3, -0.25) is 4.90 Å². The first-order valence-corrected chi connectivity index (χ1v) is 11.5. The normalized spacial score (nSPS) is 27.6. The highest BCUT2D eigenvalue weighted by Gasteiger charge is 2.50. The molecule has 3 aliphatic rings. The number of aliphatic hydroxyl groups excluding tert-OH is 1. The molecular formula is C25H35N3O. The molecule has 4 nitrogen and oxygen atoms in total. The second kappa shape index (κ2) is 7.90. The summed E-state index contributed by atoms with van der Waals surface area (Å²) in [7, 11) is 0. The first-order chi connectivity index (χ1) is 14.1. The predicted molar refractivity (Wildman–Crippen MR) is 121 cm³/mol. The van der Waals surface area contributed by atoms with E-state index in [1.807, 2.05) is 0 Å². The van der Waals surface area contributed by atoms with Crippen molar-refractivity contribution in [3.05, 3.63) is 42.5 Å². The molecule has 2 aromatic carbocycles. The lowest BCUT2D eigenvalue weighted by molar-refractivity contribution is 0.00729. The van der Waals surface area contributed by atoms with Crippen LogP contribution in [0.25, 0.3) is 10.8 Å². The summed E-state index contributed by atoms with van der Waals surface area (Å²) in [5.74, 6) is 0. The molecule has 1 N–H and O–H groups in total. The van der Waals surface area contributed by atoms with Crippen molar-refractivity contribution >= 4 is 16.5 Å². The van der Waals surface area contributed by atoms with Gasteiger partial charge in [0.15, 0.2) is 0 Å². The summed E-state index contributed by atoms with van der Waals surface area (Å²) in [6.07, 6.45) is 4.84. The lowest BCUT2D eigenvalue weighted by Crippen LogP contribution is -2.52. The minimum atomic E-state index is -0.0817. The molecule has 0 amide bonds. The number of fused-ring (bicyclic) bond motifs is 1. The molecule has 2 saturated heterocycles. The average Bonchev–Trinajstić information content (AvgIpc) is 3.51. The highest BCUT2D eigenvalue weighted by Crippen LogP contribution is 2.53. The molecule has 3 fully saturated rings. The van der Waals surface area contributed by atoms with Crippen LogP contribution < -0.4 is 4.90 Å². The number of piperidine rings is 1. The topological polar surface area (TPSA) is 30.0 Å². The largest absolute Gasteiger partial charge is 0.391 e. The maximum atomic E-state index is 10.4. The Labute approximate surface area is 175 Å². The quantitative estimate of drug-likeness (QED) is 0.841. The third-order valence-corrected chi connectivity index (χ3v) is 7.68. The van der Waals surface area contributed by atoms with Gasteiger partial charge in [0.1, 0.15) is 0 Å². The Morgan fingerprint density at radius 1 is 0.897 bits per heavy atom. The molecule has 1 spiro atoms. The second-order valence-electron chi connectivity index (χ2n) is 9.66. The van der Waals surface area contributed by atoms with E-state index in [0.717, 1.165) is 32.7 Å². The van der Waals surface area contributed by atoms with Crippen molar-refractivity contribution in [2.24, 2.45) is 5.41 Å². The second-order valence-corrected chi connectivity index (χ2v) is 9.66. The highest BCUT2D eigenvalue weighted by molar-refractivity contribution is 5.85. The number of aliphatic hydroxyl groups is 1. The van der Waals surface area contributed by atoms with Crippen molar-refractivity contribution in [3.63, 3.8) is 0 Å². The van der Waals surface area contributed by atoms with E-state index in [0.29, 0.717) is 11.5 Å². The Bertz CT molecular complexity index is 849. The van der Waals surface area contributed by atoms with Crippen LogP contribution in [-0.2, 0) is 0 Å². The first-order valence-electron chi connectivity index (χ1n) is 11.5. The van der Waals surface area contributed by atoms with Crippen molar-refractivity contribution in [2.75, 3.05) is 50.7 Å². The van der Waals surface area contributed by atoms with E-state index < -0.39 is 0 Å².